The van der Waals surface area contributed by atoms with Crippen LogP contribution in [0.25, 0.3) is 16.8 Å². The van der Waals surface area contributed by atoms with Crippen LogP contribution in [-0.4, -0.2) is 27.7 Å². The third-order valence-corrected chi connectivity index (χ3v) is 4.74. The fourth-order valence-corrected chi connectivity index (χ4v) is 3.54. The van der Waals surface area contributed by atoms with Crippen molar-refractivity contribution >= 4 is 11.5 Å². The van der Waals surface area contributed by atoms with Gasteiger partial charge in [-0.25, -0.2) is 4.98 Å². The van der Waals surface area contributed by atoms with E-state index in [0.29, 0.717) is 19.3 Å². The van der Waals surface area contributed by atoms with Gasteiger partial charge in [-0.15, -0.1) is 0 Å². The number of anilines is 1. The summed E-state index contributed by atoms with van der Waals surface area (Å²) < 4.78 is 12.9. The van der Waals surface area contributed by atoms with Crippen LogP contribution in [0.1, 0.15) is 36.4 Å². The van der Waals surface area contributed by atoms with E-state index in [2.05, 4.69) is 32.2 Å². The van der Waals surface area contributed by atoms with Crippen LogP contribution >= 0.6 is 0 Å². The molecule has 136 valence electrons. The molecule has 1 aliphatic rings. The van der Waals surface area contributed by atoms with Crippen molar-refractivity contribution in [1.82, 2.24) is 14.6 Å². The van der Waals surface area contributed by atoms with E-state index >= 15 is 0 Å². The van der Waals surface area contributed by atoms with Gasteiger partial charge in [0.2, 0.25) is 0 Å². The topological polar surface area (TPSA) is 60.7 Å². The molecular weight excluding hydrogens is 328 g/mol. The van der Waals surface area contributed by atoms with Gasteiger partial charge in [-0.05, 0) is 51.0 Å². The Bertz CT molecular complexity index is 991. The molecule has 26 heavy (non-hydrogen) atoms. The van der Waals surface area contributed by atoms with E-state index in [-0.39, 0.29) is 0 Å². The van der Waals surface area contributed by atoms with Crippen LogP contribution in [0, 0.1) is 13.8 Å². The number of aryl methyl sites for hydroxylation is 2. The molecule has 2 aromatic heterocycles. The van der Waals surface area contributed by atoms with Crippen molar-refractivity contribution in [2.45, 2.75) is 47.0 Å². The third-order valence-electron chi connectivity index (χ3n) is 4.74. The van der Waals surface area contributed by atoms with Crippen LogP contribution < -0.4 is 10.1 Å². The van der Waals surface area contributed by atoms with Crippen molar-refractivity contribution in [2.75, 3.05) is 12.4 Å². The molecular formula is C20H24N4O2. The maximum Gasteiger partial charge on any atom is 0.165 e. The lowest BCUT2D eigenvalue weighted by Gasteiger charge is -2.15. The summed E-state index contributed by atoms with van der Waals surface area (Å²) in [6.07, 6.45) is 0. The van der Waals surface area contributed by atoms with Crippen LogP contribution in [0.5, 0.6) is 5.75 Å². The summed E-state index contributed by atoms with van der Waals surface area (Å²) in [6.45, 7) is 9.49. The molecule has 0 atom stereocenters. The smallest absolute Gasteiger partial charge is 0.165 e. The second-order valence-electron chi connectivity index (χ2n) is 7.05. The molecule has 6 heteroatoms. The van der Waals surface area contributed by atoms with Crippen molar-refractivity contribution in [3.05, 3.63) is 40.7 Å². The van der Waals surface area contributed by atoms with E-state index in [4.69, 9.17) is 19.6 Å². The number of methoxy groups -OCH3 is 1. The summed E-state index contributed by atoms with van der Waals surface area (Å²) in [7, 11) is 1.68. The molecule has 0 unspecified atom stereocenters. The van der Waals surface area contributed by atoms with E-state index in [1.165, 1.54) is 0 Å². The number of aromatic nitrogens is 3. The maximum absolute atomic E-state index is 5.65. The molecule has 1 aromatic carbocycles. The number of hydrogen-bond donors (Lipinski definition) is 1. The summed E-state index contributed by atoms with van der Waals surface area (Å²) >= 11 is 0. The first-order chi connectivity index (χ1) is 12.5. The normalized spacial score (nSPS) is 13.5. The number of nitrogens with one attached hydrogen (secondary N) is 1. The molecule has 1 aliphatic heterocycles. The van der Waals surface area contributed by atoms with Crippen molar-refractivity contribution in [2.24, 2.45) is 0 Å². The van der Waals surface area contributed by atoms with Crippen molar-refractivity contribution in [1.29, 1.82) is 0 Å². The molecule has 3 heterocycles. The van der Waals surface area contributed by atoms with E-state index in [9.17, 15) is 0 Å². The molecule has 0 fully saturated rings. The lowest BCUT2D eigenvalue weighted by atomic mass is 10.0. The summed E-state index contributed by atoms with van der Waals surface area (Å²) in [5.41, 5.74) is 7.25. The third kappa shape index (κ3) is 2.61. The molecule has 0 saturated heterocycles. The highest BCUT2D eigenvalue weighted by Gasteiger charge is 2.25. The summed E-state index contributed by atoms with van der Waals surface area (Å²) in [4.78, 5) is 4.91. The Balaban J connectivity index is 1.99. The molecule has 0 spiro atoms. The van der Waals surface area contributed by atoms with Gasteiger partial charge in [0.1, 0.15) is 11.6 Å². The molecule has 0 radical (unpaired) electrons. The second-order valence-corrected chi connectivity index (χ2v) is 7.05. The lowest BCUT2D eigenvalue weighted by molar-refractivity contribution is 0.133. The SMILES string of the molecule is COc1ccc(-c2c(C)nn3c(NC(C)C)c4c(nc23)COC4)c(C)c1. The Hall–Kier alpha value is -2.60. The highest BCUT2D eigenvalue weighted by atomic mass is 16.5. The van der Waals surface area contributed by atoms with Crippen molar-refractivity contribution < 1.29 is 9.47 Å². The fourth-order valence-electron chi connectivity index (χ4n) is 3.54. The van der Waals surface area contributed by atoms with Gasteiger partial charge in [0.05, 0.1) is 31.7 Å². The van der Waals surface area contributed by atoms with Gasteiger partial charge in [0.25, 0.3) is 0 Å². The first-order valence-corrected chi connectivity index (χ1v) is 8.90. The molecule has 0 amide bonds. The number of rotatable bonds is 4. The predicted octanol–water partition coefficient (Wildman–Crippen LogP) is 3.87. The zero-order valence-electron chi connectivity index (χ0n) is 15.9. The minimum absolute atomic E-state index is 0.293. The number of ether oxygens (including phenoxy) is 2. The van der Waals surface area contributed by atoms with Crippen LogP contribution in [0.3, 0.4) is 0 Å². The van der Waals surface area contributed by atoms with E-state index in [1.54, 1.807) is 7.11 Å². The maximum atomic E-state index is 5.65. The standard InChI is InChI=1S/C20H24N4O2/c1-11(2)21-19-16-9-26-10-17(16)22-20-18(13(4)23-24(19)20)15-7-6-14(25-5)8-12(15)3/h6-8,11,21H,9-10H2,1-5H3. The number of hydrogen-bond acceptors (Lipinski definition) is 5. The lowest BCUT2D eigenvalue weighted by Crippen LogP contribution is -2.16. The zero-order chi connectivity index (χ0) is 18.4. The Morgan fingerprint density at radius 2 is 2.04 bits per heavy atom. The van der Waals surface area contributed by atoms with Crippen molar-refractivity contribution in [3.63, 3.8) is 0 Å². The van der Waals surface area contributed by atoms with Crippen LogP contribution in [0.4, 0.5) is 5.82 Å². The van der Waals surface area contributed by atoms with E-state index in [1.807, 2.05) is 23.6 Å². The van der Waals surface area contributed by atoms with Crippen LogP contribution in [0.2, 0.25) is 0 Å². The van der Waals surface area contributed by atoms with Crippen molar-refractivity contribution in [3.8, 4) is 16.9 Å². The van der Waals surface area contributed by atoms with Gasteiger partial charge >= 0.3 is 0 Å². The summed E-state index contributed by atoms with van der Waals surface area (Å²) in [5, 5.41) is 8.34. The quantitative estimate of drug-likeness (QED) is 0.772. The molecule has 0 aliphatic carbocycles. The Kier molecular flexibility index (Phi) is 4.07. The van der Waals surface area contributed by atoms with Crippen LogP contribution in [-0.2, 0) is 18.0 Å². The average molecular weight is 352 g/mol. The van der Waals surface area contributed by atoms with Gasteiger partial charge in [0, 0.05) is 17.2 Å². The molecule has 6 nitrogen and oxygen atoms in total. The highest BCUT2D eigenvalue weighted by molar-refractivity contribution is 5.83. The molecule has 0 saturated carbocycles. The summed E-state index contributed by atoms with van der Waals surface area (Å²) in [6, 6.07) is 6.40. The monoisotopic (exact) mass is 352 g/mol. The van der Waals surface area contributed by atoms with Gasteiger partial charge in [-0.2, -0.15) is 9.61 Å². The van der Waals surface area contributed by atoms with E-state index < -0.39 is 0 Å². The first-order valence-electron chi connectivity index (χ1n) is 8.90. The molecule has 4 rings (SSSR count). The first kappa shape index (κ1) is 16.8. The van der Waals surface area contributed by atoms with Gasteiger partial charge in [0.15, 0.2) is 5.65 Å². The Morgan fingerprint density at radius 1 is 1.23 bits per heavy atom. The van der Waals surface area contributed by atoms with Gasteiger partial charge in [-0.1, -0.05) is 6.07 Å². The fraction of sp³-hybridized carbons (Fsp3) is 0.400. The van der Waals surface area contributed by atoms with Gasteiger partial charge in [-0.3, -0.25) is 0 Å². The highest BCUT2D eigenvalue weighted by Crippen LogP contribution is 2.36. The number of nitrogens with zero attached hydrogens (tertiary/aromatic N) is 3. The predicted molar refractivity (Wildman–Crippen MR) is 102 cm³/mol. The zero-order valence-corrected chi connectivity index (χ0v) is 15.9. The number of benzene rings is 1. The average Bonchev–Trinajstić information content (AvgIpc) is 3.18. The van der Waals surface area contributed by atoms with Gasteiger partial charge < -0.3 is 14.8 Å². The largest absolute Gasteiger partial charge is 0.497 e. The van der Waals surface area contributed by atoms with E-state index in [0.717, 1.165) is 50.9 Å². The molecule has 3 aromatic rings. The molecule has 1 N–H and O–H groups in total. The minimum Gasteiger partial charge on any atom is -0.497 e. The minimum atomic E-state index is 0.293. The number of fused-ring (bicyclic) bond motifs is 2. The second kappa shape index (κ2) is 6.29. The Labute approximate surface area is 153 Å². The molecule has 0 bridgehead atoms. The van der Waals surface area contributed by atoms with Crippen LogP contribution in [0.15, 0.2) is 18.2 Å². The summed E-state index contributed by atoms with van der Waals surface area (Å²) in [5.74, 6) is 1.84. The Morgan fingerprint density at radius 3 is 2.73 bits per heavy atom.